The molecule has 3 aromatic rings. The van der Waals surface area contributed by atoms with Crippen molar-refractivity contribution in [1.29, 1.82) is 0 Å². The molecule has 3 aromatic carbocycles. The molecule has 0 atom stereocenters. The zero-order valence-electron chi connectivity index (χ0n) is 14.0. The summed E-state index contributed by atoms with van der Waals surface area (Å²) in [5, 5.41) is 11.5. The first-order valence-electron chi connectivity index (χ1n) is 7.76. The van der Waals surface area contributed by atoms with Crippen LogP contribution in [0, 0.1) is 0 Å². The van der Waals surface area contributed by atoms with Crippen molar-refractivity contribution in [2.75, 3.05) is 14.2 Å². The van der Waals surface area contributed by atoms with Gasteiger partial charge in [-0.15, -0.1) is 0 Å². The van der Waals surface area contributed by atoms with Crippen LogP contribution in [-0.4, -0.2) is 25.3 Å². The fraction of sp³-hybridized carbons (Fsp3) is 0.150. The van der Waals surface area contributed by atoms with Gasteiger partial charge in [0.2, 0.25) is 11.5 Å². The molecule has 0 amide bonds. The number of phenols is 1. The van der Waals surface area contributed by atoms with Crippen molar-refractivity contribution in [1.82, 2.24) is 0 Å². The molecule has 0 spiro atoms. The topological polar surface area (TPSA) is 65.0 Å². The Kier molecular flexibility index (Phi) is 4.75. The molecule has 0 aliphatic rings. The zero-order chi connectivity index (χ0) is 17.8. The number of phenolic OH excluding ortho intramolecular Hbond substituents is 1. The molecule has 0 heterocycles. The first-order chi connectivity index (χ1) is 12.2. The van der Waals surface area contributed by atoms with Crippen LogP contribution in [0.3, 0.4) is 0 Å². The number of esters is 1. The van der Waals surface area contributed by atoms with Crippen LogP contribution in [-0.2, 0) is 11.2 Å². The van der Waals surface area contributed by atoms with E-state index in [0.29, 0.717) is 10.8 Å². The molecular weight excluding hydrogens is 320 g/mol. The number of hydrogen-bond acceptors (Lipinski definition) is 5. The van der Waals surface area contributed by atoms with Crippen molar-refractivity contribution in [3.05, 3.63) is 60.2 Å². The second-order valence-electron chi connectivity index (χ2n) is 5.43. The van der Waals surface area contributed by atoms with Gasteiger partial charge in [0.05, 0.1) is 20.6 Å². The Balaban J connectivity index is 2.05. The van der Waals surface area contributed by atoms with Gasteiger partial charge < -0.3 is 19.3 Å². The molecule has 0 saturated carbocycles. The van der Waals surface area contributed by atoms with Gasteiger partial charge in [-0.1, -0.05) is 54.6 Å². The molecule has 0 unspecified atom stereocenters. The SMILES string of the molecule is COc1c(OC)c(OC(=O)Cc2ccccc2)c2ccccc2c1O. The van der Waals surface area contributed by atoms with E-state index < -0.39 is 5.97 Å². The molecule has 0 radical (unpaired) electrons. The standard InChI is InChI=1S/C20H18O5/c1-23-19-17(22)14-10-6-7-11-15(14)18(20(19)24-2)25-16(21)12-13-8-4-3-5-9-13/h3-11,22H,12H2,1-2H3. The van der Waals surface area contributed by atoms with Gasteiger partial charge in [-0.3, -0.25) is 4.79 Å². The van der Waals surface area contributed by atoms with E-state index in [-0.39, 0.29) is 29.4 Å². The fourth-order valence-electron chi connectivity index (χ4n) is 2.73. The minimum Gasteiger partial charge on any atom is -0.504 e. The Morgan fingerprint density at radius 3 is 2.08 bits per heavy atom. The molecule has 3 rings (SSSR count). The average Bonchev–Trinajstić information content (AvgIpc) is 2.64. The van der Waals surface area contributed by atoms with Gasteiger partial charge in [-0.25, -0.2) is 0 Å². The van der Waals surface area contributed by atoms with Gasteiger partial charge in [0.15, 0.2) is 11.5 Å². The molecule has 5 heteroatoms. The predicted octanol–water partition coefficient (Wildman–Crippen LogP) is 3.71. The highest BCUT2D eigenvalue weighted by Crippen LogP contribution is 2.50. The van der Waals surface area contributed by atoms with Gasteiger partial charge in [-0.05, 0) is 5.56 Å². The van der Waals surface area contributed by atoms with E-state index in [1.807, 2.05) is 30.3 Å². The summed E-state index contributed by atoms with van der Waals surface area (Å²) in [6.45, 7) is 0. The van der Waals surface area contributed by atoms with Crippen LogP contribution >= 0.6 is 0 Å². The summed E-state index contributed by atoms with van der Waals surface area (Å²) in [4.78, 5) is 12.4. The first-order valence-corrected chi connectivity index (χ1v) is 7.76. The third-order valence-electron chi connectivity index (χ3n) is 3.87. The maximum absolute atomic E-state index is 12.4. The lowest BCUT2D eigenvalue weighted by atomic mass is 10.1. The average molecular weight is 338 g/mol. The summed E-state index contributed by atoms with van der Waals surface area (Å²) >= 11 is 0. The van der Waals surface area contributed by atoms with Crippen LogP contribution < -0.4 is 14.2 Å². The molecule has 0 aromatic heterocycles. The normalized spacial score (nSPS) is 10.5. The summed E-state index contributed by atoms with van der Waals surface area (Å²) in [5.41, 5.74) is 0.849. The predicted molar refractivity (Wildman–Crippen MR) is 94.5 cm³/mol. The minimum absolute atomic E-state index is 0.0576. The molecule has 0 aliphatic heterocycles. The molecular formula is C20H18O5. The lowest BCUT2D eigenvalue weighted by Gasteiger charge is -2.17. The third kappa shape index (κ3) is 3.21. The minimum atomic E-state index is -0.428. The van der Waals surface area contributed by atoms with Crippen LogP contribution in [0.15, 0.2) is 54.6 Å². The van der Waals surface area contributed by atoms with Crippen LogP contribution in [0.1, 0.15) is 5.56 Å². The quantitative estimate of drug-likeness (QED) is 0.567. The van der Waals surface area contributed by atoms with Crippen molar-refractivity contribution in [3.8, 4) is 23.0 Å². The maximum atomic E-state index is 12.4. The lowest BCUT2D eigenvalue weighted by Crippen LogP contribution is -2.12. The van der Waals surface area contributed by atoms with Gasteiger partial charge >= 0.3 is 5.97 Å². The lowest BCUT2D eigenvalue weighted by molar-refractivity contribution is -0.133. The van der Waals surface area contributed by atoms with Crippen LogP contribution in [0.5, 0.6) is 23.0 Å². The molecule has 128 valence electrons. The summed E-state index contributed by atoms with van der Waals surface area (Å²) in [6, 6.07) is 16.4. The van der Waals surface area contributed by atoms with Gasteiger partial charge in [0.1, 0.15) is 0 Å². The van der Waals surface area contributed by atoms with Crippen LogP contribution in [0.2, 0.25) is 0 Å². The van der Waals surface area contributed by atoms with Gasteiger partial charge in [0, 0.05) is 10.8 Å². The largest absolute Gasteiger partial charge is 0.504 e. The number of hydrogen-bond donors (Lipinski definition) is 1. The van der Waals surface area contributed by atoms with Gasteiger partial charge in [0.25, 0.3) is 0 Å². The number of ether oxygens (including phenoxy) is 3. The highest BCUT2D eigenvalue weighted by molar-refractivity contribution is 5.99. The highest BCUT2D eigenvalue weighted by Gasteiger charge is 2.23. The Hall–Kier alpha value is -3.21. The number of rotatable bonds is 5. The summed E-state index contributed by atoms with van der Waals surface area (Å²) in [7, 11) is 2.85. The van der Waals surface area contributed by atoms with Crippen LogP contribution in [0.25, 0.3) is 10.8 Å². The van der Waals surface area contributed by atoms with E-state index in [1.165, 1.54) is 14.2 Å². The molecule has 0 aliphatic carbocycles. The van der Waals surface area contributed by atoms with Crippen molar-refractivity contribution >= 4 is 16.7 Å². The second kappa shape index (κ2) is 7.13. The molecule has 25 heavy (non-hydrogen) atoms. The van der Waals surface area contributed by atoms with Crippen molar-refractivity contribution < 1.29 is 24.1 Å². The number of benzene rings is 3. The number of aromatic hydroxyl groups is 1. The first kappa shape index (κ1) is 16.6. The number of methoxy groups -OCH3 is 2. The Labute approximate surface area is 145 Å². The van der Waals surface area contributed by atoms with Gasteiger partial charge in [-0.2, -0.15) is 0 Å². The Bertz CT molecular complexity index is 903. The molecule has 1 N–H and O–H groups in total. The van der Waals surface area contributed by atoms with E-state index in [0.717, 1.165) is 5.56 Å². The van der Waals surface area contributed by atoms with E-state index in [9.17, 15) is 9.90 Å². The van der Waals surface area contributed by atoms with E-state index in [4.69, 9.17) is 14.2 Å². The number of carbonyl (C=O) groups excluding carboxylic acids is 1. The fourth-order valence-corrected chi connectivity index (χ4v) is 2.73. The molecule has 0 fully saturated rings. The smallest absolute Gasteiger partial charge is 0.315 e. The number of carbonyl (C=O) groups is 1. The second-order valence-corrected chi connectivity index (χ2v) is 5.43. The summed E-state index contributed by atoms with van der Waals surface area (Å²) in [5.74, 6) is 0.0534. The third-order valence-corrected chi connectivity index (χ3v) is 3.87. The summed E-state index contributed by atoms with van der Waals surface area (Å²) < 4.78 is 16.2. The molecule has 5 nitrogen and oxygen atoms in total. The van der Waals surface area contributed by atoms with Crippen molar-refractivity contribution in [2.45, 2.75) is 6.42 Å². The zero-order valence-corrected chi connectivity index (χ0v) is 14.0. The Morgan fingerprint density at radius 2 is 1.44 bits per heavy atom. The monoisotopic (exact) mass is 338 g/mol. The van der Waals surface area contributed by atoms with E-state index >= 15 is 0 Å². The van der Waals surface area contributed by atoms with Crippen molar-refractivity contribution in [3.63, 3.8) is 0 Å². The molecule has 0 bridgehead atoms. The molecule has 0 saturated heterocycles. The summed E-state index contributed by atoms with van der Waals surface area (Å²) in [6.07, 6.45) is 0.127. The highest BCUT2D eigenvalue weighted by atomic mass is 16.6. The number of fused-ring (bicyclic) bond motifs is 1. The van der Waals surface area contributed by atoms with Crippen molar-refractivity contribution in [2.24, 2.45) is 0 Å². The maximum Gasteiger partial charge on any atom is 0.315 e. The van der Waals surface area contributed by atoms with E-state index in [1.54, 1.807) is 24.3 Å². The van der Waals surface area contributed by atoms with Crippen LogP contribution in [0.4, 0.5) is 0 Å². The Morgan fingerprint density at radius 1 is 0.840 bits per heavy atom. The van der Waals surface area contributed by atoms with E-state index in [2.05, 4.69) is 0 Å².